The Labute approximate surface area is 155 Å². The molecule has 0 bridgehead atoms. The number of hydrogen-bond donors (Lipinski definition) is 3. The van der Waals surface area contributed by atoms with Gasteiger partial charge in [0.15, 0.2) is 5.69 Å². The number of amides is 2. The van der Waals surface area contributed by atoms with E-state index in [0.29, 0.717) is 19.7 Å². The minimum Gasteiger partial charge on any atom is -0.480 e. The molecule has 11 nitrogen and oxygen atoms in total. The Balaban J connectivity index is 2.23. The highest BCUT2D eigenvalue weighted by molar-refractivity contribution is 6.07. The molecule has 3 N–H and O–H groups in total. The number of hydrogen-bond acceptors (Lipinski definition) is 6. The number of rotatable bonds is 9. The second-order valence-corrected chi connectivity index (χ2v) is 5.63. The molecule has 2 rings (SSSR count). The van der Waals surface area contributed by atoms with Crippen molar-refractivity contribution in [2.75, 3.05) is 25.6 Å². The van der Waals surface area contributed by atoms with Gasteiger partial charge >= 0.3 is 5.97 Å². The van der Waals surface area contributed by atoms with E-state index in [1.807, 2.05) is 6.92 Å². The van der Waals surface area contributed by atoms with Gasteiger partial charge in [-0.15, -0.1) is 0 Å². The Bertz CT molecular complexity index is 827. The zero-order valence-electron chi connectivity index (χ0n) is 15.3. The van der Waals surface area contributed by atoms with Crippen LogP contribution in [0.4, 0.5) is 5.69 Å². The van der Waals surface area contributed by atoms with Gasteiger partial charge in [-0.05, 0) is 19.9 Å². The lowest BCUT2D eigenvalue weighted by Crippen LogP contribution is -2.29. The fourth-order valence-corrected chi connectivity index (χ4v) is 2.29. The van der Waals surface area contributed by atoms with Crippen molar-refractivity contribution in [1.82, 2.24) is 24.9 Å². The third kappa shape index (κ3) is 4.70. The Hall–Kier alpha value is -3.21. The number of aliphatic carboxylic acids is 1. The first-order chi connectivity index (χ1) is 12.9. The number of carboxylic acids is 1. The molecule has 2 amide bonds. The predicted molar refractivity (Wildman–Crippen MR) is 94.6 cm³/mol. The Morgan fingerprint density at radius 3 is 2.70 bits per heavy atom. The van der Waals surface area contributed by atoms with Gasteiger partial charge in [0, 0.05) is 32.6 Å². The first kappa shape index (κ1) is 20.1. The number of anilines is 1. The lowest BCUT2D eigenvalue weighted by Gasteiger charge is -2.11. The van der Waals surface area contributed by atoms with Crippen LogP contribution in [0.25, 0.3) is 0 Å². The van der Waals surface area contributed by atoms with Crippen LogP contribution in [-0.4, -0.2) is 62.7 Å². The van der Waals surface area contributed by atoms with Crippen LogP contribution < -0.4 is 10.6 Å². The van der Waals surface area contributed by atoms with Crippen molar-refractivity contribution in [3.8, 4) is 0 Å². The van der Waals surface area contributed by atoms with Crippen molar-refractivity contribution in [1.29, 1.82) is 0 Å². The highest BCUT2D eigenvalue weighted by atomic mass is 16.5. The van der Waals surface area contributed by atoms with Crippen LogP contribution in [0.2, 0.25) is 0 Å². The van der Waals surface area contributed by atoms with Gasteiger partial charge in [0.2, 0.25) is 0 Å². The third-order valence-electron chi connectivity index (χ3n) is 3.77. The maximum absolute atomic E-state index is 12.6. The molecule has 0 saturated heterocycles. The highest BCUT2D eigenvalue weighted by Crippen LogP contribution is 2.17. The molecule has 0 aliphatic rings. The fraction of sp³-hybridized carbons (Fsp3) is 0.438. The van der Waals surface area contributed by atoms with E-state index in [1.54, 1.807) is 0 Å². The van der Waals surface area contributed by atoms with Crippen LogP contribution in [0.15, 0.2) is 18.5 Å². The van der Waals surface area contributed by atoms with E-state index in [2.05, 4.69) is 20.8 Å². The number of carboxylic acid groups (broad SMARTS) is 1. The lowest BCUT2D eigenvalue weighted by atomic mass is 10.3. The van der Waals surface area contributed by atoms with Crippen LogP contribution >= 0.6 is 0 Å². The summed E-state index contributed by atoms with van der Waals surface area (Å²) in [5, 5.41) is 22.4. The molecule has 2 aromatic heterocycles. The Morgan fingerprint density at radius 1 is 1.33 bits per heavy atom. The average molecular weight is 378 g/mol. The molecule has 0 saturated carbocycles. The van der Waals surface area contributed by atoms with E-state index in [9.17, 15) is 14.4 Å². The SMILES string of the molecule is CCn1cc(NC(=O)c2ccnn2C(C)C(=O)O)c(C(=O)NCCOC)n1. The molecule has 2 aromatic rings. The van der Waals surface area contributed by atoms with Crippen molar-refractivity contribution >= 4 is 23.5 Å². The minimum absolute atomic E-state index is 0.0543. The fourth-order valence-electron chi connectivity index (χ4n) is 2.29. The van der Waals surface area contributed by atoms with E-state index < -0.39 is 23.8 Å². The van der Waals surface area contributed by atoms with Gasteiger partial charge < -0.3 is 20.5 Å². The monoisotopic (exact) mass is 378 g/mol. The van der Waals surface area contributed by atoms with E-state index in [-0.39, 0.29) is 17.1 Å². The molecular weight excluding hydrogens is 356 g/mol. The van der Waals surface area contributed by atoms with Gasteiger partial charge in [0.25, 0.3) is 11.8 Å². The van der Waals surface area contributed by atoms with Crippen LogP contribution in [0, 0.1) is 0 Å². The van der Waals surface area contributed by atoms with Gasteiger partial charge in [0.1, 0.15) is 11.7 Å². The van der Waals surface area contributed by atoms with Crippen molar-refractivity contribution in [2.24, 2.45) is 0 Å². The van der Waals surface area contributed by atoms with Gasteiger partial charge in [0.05, 0.1) is 12.3 Å². The molecule has 0 radical (unpaired) electrons. The number of carbonyl (C=O) groups is 3. The molecule has 2 heterocycles. The predicted octanol–water partition coefficient (Wildman–Crippen LogP) is 0.374. The van der Waals surface area contributed by atoms with Crippen molar-refractivity contribution in [2.45, 2.75) is 26.4 Å². The first-order valence-electron chi connectivity index (χ1n) is 8.31. The second kappa shape index (κ2) is 8.94. The lowest BCUT2D eigenvalue weighted by molar-refractivity contribution is -0.140. The number of aromatic nitrogens is 4. The maximum atomic E-state index is 12.6. The highest BCUT2D eigenvalue weighted by Gasteiger charge is 2.23. The van der Waals surface area contributed by atoms with E-state index in [1.165, 1.54) is 37.2 Å². The number of carbonyl (C=O) groups excluding carboxylic acids is 2. The topological polar surface area (TPSA) is 140 Å². The Morgan fingerprint density at radius 2 is 2.07 bits per heavy atom. The number of aryl methyl sites for hydroxylation is 1. The Kier molecular flexibility index (Phi) is 6.66. The molecule has 0 aliphatic carbocycles. The van der Waals surface area contributed by atoms with Crippen LogP contribution in [0.3, 0.4) is 0 Å². The summed E-state index contributed by atoms with van der Waals surface area (Å²) in [4.78, 5) is 36.1. The van der Waals surface area contributed by atoms with Crippen LogP contribution in [-0.2, 0) is 16.1 Å². The summed E-state index contributed by atoms with van der Waals surface area (Å²) in [6.45, 7) is 4.39. The largest absolute Gasteiger partial charge is 0.480 e. The summed E-state index contributed by atoms with van der Waals surface area (Å²) in [6, 6.07) is 0.382. The van der Waals surface area contributed by atoms with E-state index in [0.717, 1.165) is 4.68 Å². The number of nitrogens with zero attached hydrogens (tertiary/aromatic N) is 4. The number of methoxy groups -OCH3 is 1. The molecule has 0 spiro atoms. The molecule has 27 heavy (non-hydrogen) atoms. The molecule has 0 aromatic carbocycles. The van der Waals surface area contributed by atoms with Gasteiger partial charge in [-0.3, -0.25) is 14.3 Å². The van der Waals surface area contributed by atoms with Crippen LogP contribution in [0.1, 0.15) is 40.9 Å². The van der Waals surface area contributed by atoms with Gasteiger partial charge in [-0.25, -0.2) is 9.48 Å². The van der Waals surface area contributed by atoms with E-state index in [4.69, 9.17) is 9.84 Å². The maximum Gasteiger partial charge on any atom is 0.328 e. The molecule has 146 valence electrons. The molecule has 11 heteroatoms. The van der Waals surface area contributed by atoms with Crippen molar-refractivity contribution < 1.29 is 24.2 Å². The smallest absolute Gasteiger partial charge is 0.328 e. The standard InChI is InChI=1S/C16H22N6O5/c1-4-21-9-11(13(20-21)15(24)17-7-8-27-3)19-14(23)12-5-6-18-22(12)10(2)16(25)26/h5-6,9-10H,4,7-8H2,1-3H3,(H,17,24)(H,19,23)(H,25,26). The molecule has 0 aliphatic heterocycles. The molecule has 1 atom stereocenters. The minimum atomic E-state index is -1.12. The summed E-state index contributed by atoms with van der Waals surface area (Å²) in [5.41, 5.74) is 0.325. The summed E-state index contributed by atoms with van der Waals surface area (Å²) >= 11 is 0. The average Bonchev–Trinajstić information content (AvgIpc) is 3.28. The van der Waals surface area contributed by atoms with Gasteiger partial charge in [-0.2, -0.15) is 10.2 Å². The van der Waals surface area contributed by atoms with Crippen molar-refractivity contribution in [3.63, 3.8) is 0 Å². The van der Waals surface area contributed by atoms with E-state index >= 15 is 0 Å². The molecule has 1 unspecified atom stereocenters. The van der Waals surface area contributed by atoms with Crippen molar-refractivity contribution in [3.05, 3.63) is 29.8 Å². The normalized spacial score (nSPS) is 11.8. The molecular formula is C16H22N6O5. The summed E-state index contributed by atoms with van der Waals surface area (Å²) in [7, 11) is 1.52. The van der Waals surface area contributed by atoms with Gasteiger partial charge in [-0.1, -0.05) is 0 Å². The number of ether oxygens (including phenoxy) is 1. The summed E-state index contributed by atoms with van der Waals surface area (Å²) < 4.78 is 7.49. The summed E-state index contributed by atoms with van der Waals surface area (Å²) in [5.74, 6) is -2.17. The first-order valence-corrected chi connectivity index (χ1v) is 8.31. The second-order valence-electron chi connectivity index (χ2n) is 5.63. The zero-order chi connectivity index (χ0) is 20.0. The van der Waals surface area contributed by atoms with Crippen LogP contribution in [0.5, 0.6) is 0 Å². The zero-order valence-corrected chi connectivity index (χ0v) is 15.3. The third-order valence-corrected chi connectivity index (χ3v) is 3.77. The quantitative estimate of drug-likeness (QED) is 0.536. The summed E-state index contributed by atoms with van der Waals surface area (Å²) in [6.07, 6.45) is 2.87. The molecule has 0 fully saturated rings. The number of nitrogens with one attached hydrogen (secondary N) is 2.